The lowest BCUT2D eigenvalue weighted by Crippen LogP contribution is -2.24. The molecule has 0 saturated carbocycles. The SMILES string of the molecule is CCOC(=O)c1cccc(NC(=O)C(CC)Sc2ncnc3scc(-c4ccc(C)cc4)c23)c1. The monoisotopic (exact) mass is 491 g/mol. The lowest BCUT2D eigenvalue weighted by molar-refractivity contribution is -0.115. The summed E-state index contributed by atoms with van der Waals surface area (Å²) >= 11 is 3.00. The zero-order valence-electron chi connectivity index (χ0n) is 19.2. The van der Waals surface area contributed by atoms with Gasteiger partial charge in [0.15, 0.2) is 0 Å². The molecule has 0 aliphatic rings. The number of aromatic nitrogens is 2. The third kappa shape index (κ3) is 5.29. The van der Waals surface area contributed by atoms with E-state index in [2.05, 4.69) is 51.9 Å². The molecule has 2 aromatic heterocycles. The van der Waals surface area contributed by atoms with Crippen molar-refractivity contribution in [2.45, 2.75) is 37.5 Å². The standard InChI is InChI=1S/C26H25N3O3S2/c1-4-21(23(30)29-19-8-6-7-18(13-19)26(31)32-5-2)34-25-22-20(14-33-24(22)27-15-28-25)17-11-9-16(3)10-12-17/h6-15,21H,4-5H2,1-3H3,(H,29,30). The quantitative estimate of drug-likeness (QED) is 0.176. The first-order valence-electron chi connectivity index (χ1n) is 11.0. The van der Waals surface area contributed by atoms with Crippen molar-refractivity contribution in [3.8, 4) is 11.1 Å². The molecular weight excluding hydrogens is 466 g/mol. The zero-order valence-corrected chi connectivity index (χ0v) is 20.8. The molecule has 0 bridgehead atoms. The molecule has 1 atom stereocenters. The summed E-state index contributed by atoms with van der Waals surface area (Å²) in [7, 11) is 0. The van der Waals surface area contributed by atoms with Gasteiger partial charge in [-0.25, -0.2) is 14.8 Å². The van der Waals surface area contributed by atoms with Crippen molar-refractivity contribution in [2.75, 3.05) is 11.9 Å². The molecule has 0 radical (unpaired) electrons. The minimum Gasteiger partial charge on any atom is -0.462 e. The van der Waals surface area contributed by atoms with Crippen molar-refractivity contribution in [1.82, 2.24) is 9.97 Å². The molecule has 4 rings (SSSR count). The summed E-state index contributed by atoms with van der Waals surface area (Å²) < 4.78 is 5.05. The van der Waals surface area contributed by atoms with Crippen LogP contribution in [0.2, 0.25) is 0 Å². The van der Waals surface area contributed by atoms with Crippen molar-refractivity contribution in [2.24, 2.45) is 0 Å². The highest BCUT2D eigenvalue weighted by Gasteiger charge is 2.22. The second-order valence-electron chi connectivity index (χ2n) is 7.68. The summed E-state index contributed by atoms with van der Waals surface area (Å²) in [5.74, 6) is -0.558. The van der Waals surface area contributed by atoms with Gasteiger partial charge in [-0.1, -0.05) is 54.6 Å². The number of benzene rings is 2. The van der Waals surface area contributed by atoms with Gasteiger partial charge >= 0.3 is 5.97 Å². The number of aryl methyl sites for hydroxylation is 1. The lowest BCUT2D eigenvalue weighted by atomic mass is 10.1. The maximum atomic E-state index is 13.1. The predicted molar refractivity (Wildman–Crippen MR) is 139 cm³/mol. The Morgan fingerprint density at radius 2 is 1.91 bits per heavy atom. The van der Waals surface area contributed by atoms with Crippen LogP contribution in [0.4, 0.5) is 5.69 Å². The molecule has 0 aliphatic carbocycles. The number of anilines is 1. The summed E-state index contributed by atoms with van der Waals surface area (Å²) in [6, 6.07) is 15.1. The Hall–Kier alpha value is -3.23. The van der Waals surface area contributed by atoms with E-state index < -0.39 is 5.97 Å². The lowest BCUT2D eigenvalue weighted by Gasteiger charge is -2.15. The summed E-state index contributed by atoms with van der Waals surface area (Å²) in [5, 5.41) is 6.42. The van der Waals surface area contributed by atoms with Crippen LogP contribution in [0.5, 0.6) is 0 Å². The molecule has 8 heteroatoms. The number of carbonyl (C=O) groups is 2. The Bertz CT molecular complexity index is 1320. The molecule has 4 aromatic rings. The number of nitrogens with zero attached hydrogens (tertiary/aromatic N) is 2. The first-order chi connectivity index (χ1) is 16.5. The summed E-state index contributed by atoms with van der Waals surface area (Å²) in [6.45, 7) is 6.09. The Kier molecular flexibility index (Phi) is 7.59. The van der Waals surface area contributed by atoms with E-state index in [9.17, 15) is 9.59 Å². The van der Waals surface area contributed by atoms with Gasteiger partial charge in [0.05, 0.1) is 22.8 Å². The zero-order chi connectivity index (χ0) is 24.1. The smallest absolute Gasteiger partial charge is 0.338 e. The molecule has 2 heterocycles. The van der Waals surface area contributed by atoms with Gasteiger partial charge < -0.3 is 10.1 Å². The van der Waals surface area contributed by atoms with E-state index in [1.807, 2.05) is 6.92 Å². The maximum absolute atomic E-state index is 13.1. The van der Waals surface area contributed by atoms with Gasteiger partial charge in [-0.05, 0) is 44.0 Å². The van der Waals surface area contributed by atoms with Crippen molar-refractivity contribution in [1.29, 1.82) is 0 Å². The van der Waals surface area contributed by atoms with Crippen molar-refractivity contribution in [3.63, 3.8) is 0 Å². The number of carbonyl (C=O) groups excluding carboxylic acids is 2. The van der Waals surface area contributed by atoms with Crippen LogP contribution in [0.25, 0.3) is 21.3 Å². The van der Waals surface area contributed by atoms with Gasteiger partial charge in [-0.15, -0.1) is 11.3 Å². The topological polar surface area (TPSA) is 81.2 Å². The Morgan fingerprint density at radius 3 is 2.65 bits per heavy atom. The van der Waals surface area contributed by atoms with E-state index in [4.69, 9.17) is 4.74 Å². The Labute approximate surface area is 206 Å². The minimum atomic E-state index is -0.413. The average Bonchev–Trinajstić information content (AvgIpc) is 3.28. The van der Waals surface area contributed by atoms with Crippen molar-refractivity contribution >= 4 is 50.9 Å². The third-order valence-corrected chi connectivity index (χ3v) is 7.51. The molecule has 0 fully saturated rings. The van der Waals surface area contributed by atoms with Crippen LogP contribution < -0.4 is 5.32 Å². The van der Waals surface area contributed by atoms with Gasteiger partial charge in [0, 0.05) is 16.6 Å². The minimum absolute atomic E-state index is 0.146. The number of nitrogens with one attached hydrogen (secondary N) is 1. The number of hydrogen-bond donors (Lipinski definition) is 1. The van der Waals surface area contributed by atoms with Crippen LogP contribution in [-0.4, -0.2) is 33.7 Å². The second kappa shape index (κ2) is 10.8. The average molecular weight is 492 g/mol. The van der Waals surface area contributed by atoms with Crippen LogP contribution in [-0.2, 0) is 9.53 Å². The highest BCUT2D eigenvalue weighted by Crippen LogP contribution is 2.39. The third-order valence-electron chi connectivity index (χ3n) is 5.26. The fourth-order valence-corrected chi connectivity index (χ4v) is 5.52. The molecule has 0 spiro atoms. The highest BCUT2D eigenvalue weighted by atomic mass is 32.2. The highest BCUT2D eigenvalue weighted by molar-refractivity contribution is 8.00. The second-order valence-corrected chi connectivity index (χ2v) is 9.73. The van der Waals surface area contributed by atoms with E-state index in [-0.39, 0.29) is 11.2 Å². The molecule has 2 aromatic carbocycles. The van der Waals surface area contributed by atoms with Gasteiger partial charge in [0.25, 0.3) is 0 Å². The van der Waals surface area contributed by atoms with Gasteiger partial charge in [-0.2, -0.15) is 0 Å². The number of rotatable bonds is 8. The number of amides is 1. The van der Waals surface area contributed by atoms with Crippen molar-refractivity contribution in [3.05, 3.63) is 71.4 Å². The first kappa shape index (κ1) is 23.9. The Balaban J connectivity index is 1.58. The van der Waals surface area contributed by atoms with Crippen LogP contribution in [0.15, 0.2) is 65.3 Å². The summed E-state index contributed by atoms with van der Waals surface area (Å²) in [5.41, 5.74) is 4.32. The van der Waals surface area contributed by atoms with Gasteiger partial charge in [0.2, 0.25) is 5.91 Å². The molecule has 1 amide bonds. The fraction of sp³-hybridized carbons (Fsp3) is 0.231. The molecule has 0 aliphatic heterocycles. The number of thioether (sulfide) groups is 1. The number of fused-ring (bicyclic) bond motifs is 1. The fourth-order valence-electron chi connectivity index (χ4n) is 3.50. The van der Waals surface area contributed by atoms with Crippen LogP contribution in [0, 0.1) is 6.92 Å². The van der Waals surface area contributed by atoms with Gasteiger partial charge in [-0.3, -0.25) is 4.79 Å². The molecule has 1 N–H and O–H groups in total. The van der Waals surface area contributed by atoms with Crippen molar-refractivity contribution < 1.29 is 14.3 Å². The normalized spacial score (nSPS) is 11.9. The molecular formula is C26H25N3O3S2. The number of thiophene rings is 1. The van der Waals surface area contributed by atoms with E-state index in [0.717, 1.165) is 26.4 Å². The molecule has 0 saturated heterocycles. The number of hydrogen-bond acceptors (Lipinski definition) is 7. The summed E-state index contributed by atoms with van der Waals surface area (Å²) in [4.78, 5) is 35.0. The number of ether oxygens (including phenoxy) is 1. The molecule has 34 heavy (non-hydrogen) atoms. The molecule has 6 nitrogen and oxygen atoms in total. The molecule has 1 unspecified atom stereocenters. The van der Waals surface area contributed by atoms with Gasteiger partial charge in [0.1, 0.15) is 16.2 Å². The van der Waals surface area contributed by atoms with E-state index >= 15 is 0 Å². The van der Waals surface area contributed by atoms with E-state index in [1.165, 1.54) is 17.3 Å². The van der Waals surface area contributed by atoms with Crippen LogP contribution in [0.3, 0.4) is 0 Å². The van der Waals surface area contributed by atoms with Crippen LogP contribution >= 0.6 is 23.1 Å². The largest absolute Gasteiger partial charge is 0.462 e. The first-order valence-corrected chi connectivity index (χ1v) is 12.8. The predicted octanol–water partition coefficient (Wildman–Crippen LogP) is 6.35. The van der Waals surface area contributed by atoms with E-state index in [1.54, 1.807) is 48.9 Å². The van der Waals surface area contributed by atoms with E-state index in [0.29, 0.717) is 24.3 Å². The number of esters is 1. The van der Waals surface area contributed by atoms with Crippen LogP contribution in [0.1, 0.15) is 36.2 Å². The molecule has 174 valence electrons. The Morgan fingerprint density at radius 1 is 1.12 bits per heavy atom. The maximum Gasteiger partial charge on any atom is 0.338 e. The summed E-state index contributed by atoms with van der Waals surface area (Å²) in [6.07, 6.45) is 2.16.